The van der Waals surface area contributed by atoms with Crippen molar-refractivity contribution in [2.75, 3.05) is 26.0 Å². The van der Waals surface area contributed by atoms with Gasteiger partial charge < -0.3 is 14.8 Å². The van der Waals surface area contributed by atoms with Crippen molar-refractivity contribution < 1.29 is 0 Å². The molecule has 1 aromatic carbocycles. The average Bonchev–Trinajstić information content (AvgIpc) is 3.33. The SMILES string of the molecule is CC(C)n1cnc2c(Nc3cnn(C(CN(C)C)c4ccccc4)c3)nc(Cl)nc21. The van der Waals surface area contributed by atoms with E-state index in [0.29, 0.717) is 17.0 Å². The molecule has 30 heavy (non-hydrogen) atoms. The van der Waals surface area contributed by atoms with E-state index in [1.807, 2.05) is 33.6 Å². The predicted octanol–water partition coefficient (Wildman–Crippen LogP) is 4.15. The van der Waals surface area contributed by atoms with Crippen molar-refractivity contribution in [1.29, 1.82) is 0 Å². The van der Waals surface area contributed by atoms with Crippen LogP contribution in [-0.2, 0) is 0 Å². The summed E-state index contributed by atoms with van der Waals surface area (Å²) < 4.78 is 3.93. The van der Waals surface area contributed by atoms with Crippen molar-refractivity contribution in [3.05, 3.63) is 59.9 Å². The maximum atomic E-state index is 6.19. The molecular formula is C21H25ClN8. The lowest BCUT2D eigenvalue weighted by molar-refractivity contribution is 0.337. The summed E-state index contributed by atoms with van der Waals surface area (Å²) in [5.41, 5.74) is 3.39. The monoisotopic (exact) mass is 424 g/mol. The van der Waals surface area contributed by atoms with Gasteiger partial charge in [-0.05, 0) is 45.1 Å². The first-order chi connectivity index (χ1) is 14.4. The average molecular weight is 425 g/mol. The number of benzene rings is 1. The zero-order valence-electron chi connectivity index (χ0n) is 17.5. The van der Waals surface area contributed by atoms with E-state index in [1.54, 1.807) is 12.5 Å². The topological polar surface area (TPSA) is 76.7 Å². The highest BCUT2D eigenvalue weighted by atomic mass is 35.5. The Kier molecular flexibility index (Phi) is 5.69. The second-order valence-electron chi connectivity index (χ2n) is 7.78. The Bertz CT molecular complexity index is 1130. The molecular weight excluding hydrogens is 400 g/mol. The molecule has 1 N–H and O–H groups in total. The van der Waals surface area contributed by atoms with Crippen LogP contribution >= 0.6 is 11.6 Å². The van der Waals surface area contributed by atoms with Crippen LogP contribution in [0.25, 0.3) is 11.2 Å². The van der Waals surface area contributed by atoms with Gasteiger partial charge in [0.05, 0.1) is 24.3 Å². The number of likely N-dealkylation sites (N-methyl/N-ethyl adjacent to an activating group) is 1. The van der Waals surface area contributed by atoms with E-state index in [1.165, 1.54) is 5.56 Å². The van der Waals surface area contributed by atoms with Gasteiger partial charge in [-0.2, -0.15) is 15.1 Å². The van der Waals surface area contributed by atoms with Crippen LogP contribution in [0.2, 0.25) is 5.28 Å². The first-order valence-corrected chi connectivity index (χ1v) is 10.2. The molecule has 0 radical (unpaired) electrons. The van der Waals surface area contributed by atoms with Gasteiger partial charge in [0.2, 0.25) is 5.28 Å². The predicted molar refractivity (Wildman–Crippen MR) is 119 cm³/mol. The number of nitrogens with zero attached hydrogens (tertiary/aromatic N) is 7. The molecule has 3 aromatic heterocycles. The molecule has 0 saturated carbocycles. The van der Waals surface area contributed by atoms with Crippen molar-refractivity contribution in [2.45, 2.75) is 25.9 Å². The van der Waals surface area contributed by atoms with Gasteiger partial charge in [0, 0.05) is 18.8 Å². The summed E-state index contributed by atoms with van der Waals surface area (Å²) >= 11 is 6.19. The highest BCUT2D eigenvalue weighted by Crippen LogP contribution is 2.27. The van der Waals surface area contributed by atoms with Crippen molar-refractivity contribution in [3.63, 3.8) is 0 Å². The van der Waals surface area contributed by atoms with Crippen molar-refractivity contribution in [1.82, 2.24) is 34.2 Å². The standard InChI is InChI=1S/C21H25ClN8/c1-14(2)29-13-23-18-19(26-21(22)27-20(18)29)25-16-10-24-30(11-16)17(12-28(3)4)15-8-6-5-7-9-15/h5-11,13-14,17H,12H2,1-4H3,(H,25,26,27). The Labute approximate surface area is 180 Å². The fourth-order valence-electron chi connectivity index (χ4n) is 3.43. The minimum atomic E-state index is 0.0888. The second-order valence-corrected chi connectivity index (χ2v) is 8.12. The van der Waals surface area contributed by atoms with Gasteiger partial charge in [0.25, 0.3) is 0 Å². The van der Waals surface area contributed by atoms with Crippen LogP contribution in [-0.4, -0.2) is 54.8 Å². The number of anilines is 2. The number of nitrogens with one attached hydrogen (secondary N) is 1. The summed E-state index contributed by atoms with van der Waals surface area (Å²) in [4.78, 5) is 15.3. The van der Waals surface area contributed by atoms with Gasteiger partial charge >= 0.3 is 0 Å². The first-order valence-electron chi connectivity index (χ1n) is 9.83. The van der Waals surface area contributed by atoms with Gasteiger partial charge in [-0.3, -0.25) is 4.68 Å². The van der Waals surface area contributed by atoms with Crippen LogP contribution < -0.4 is 5.32 Å². The van der Waals surface area contributed by atoms with E-state index in [0.717, 1.165) is 12.2 Å². The highest BCUT2D eigenvalue weighted by Gasteiger charge is 2.18. The smallest absolute Gasteiger partial charge is 0.226 e. The number of rotatable bonds is 7. The molecule has 0 amide bonds. The zero-order chi connectivity index (χ0) is 21.3. The molecule has 0 fully saturated rings. The summed E-state index contributed by atoms with van der Waals surface area (Å²) in [5.74, 6) is 0.563. The normalized spacial score (nSPS) is 12.8. The van der Waals surface area contributed by atoms with Crippen molar-refractivity contribution in [2.24, 2.45) is 0 Å². The van der Waals surface area contributed by atoms with E-state index in [9.17, 15) is 0 Å². The molecule has 8 nitrogen and oxygen atoms in total. The van der Waals surface area contributed by atoms with Crippen LogP contribution in [0.4, 0.5) is 11.5 Å². The lowest BCUT2D eigenvalue weighted by Crippen LogP contribution is -2.25. The molecule has 156 valence electrons. The third kappa shape index (κ3) is 4.15. The van der Waals surface area contributed by atoms with Gasteiger partial charge in [-0.15, -0.1) is 0 Å². The Hall–Kier alpha value is -2.97. The van der Waals surface area contributed by atoms with E-state index >= 15 is 0 Å². The largest absolute Gasteiger partial charge is 0.336 e. The Morgan fingerprint density at radius 3 is 2.60 bits per heavy atom. The first kappa shape index (κ1) is 20.3. The quantitative estimate of drug-likeness (QED) is 0.449. The van der Waals surface area contributed by atoms with E-state index in [4.69, 9.17) is 11.6 Å². The van der Waals surface area contributed by atoms with Crippen LogP contribution in [0.3, 0.4) is 0 Å². The van der Waals surface area contributed by atoms with Gasteiger partial charge in [0.1, 0.15) is 0 Å². The summed E-state index contributed by atoms with van der Waals surface area (Å²) in [6.45, 7) is 4.97. The Morgan fingerprint density at radius 1 is 1.13 bits per heavy atom. The van der Waals surface area contributed by atoms with E-state index in [-0.39, 0.29) is 17.4 Å². The maximum absolute atomic E-state index is 6.19. The second kappa shape index (κ2) is 8.41. The molecule has 0 bridgehead atoms. The summed E-state index contributed by atoms with van der Waals surface area (Å²) in [5, 5.41) is 8.09. The van der Waals surface area contributed by atoms with Gasteiger partial charge in [-0.25, -0.2) is 4.98 Å². The number of imidazole rings is 1. The molecule has 4 aromatic rings. The van der Waals surface area contributed by atoms with Gasteiger partial charge in [0.15, 0.2) is 17.0 Å². The summed E-state index contributed by atoms with van der Waals surface area (Å²) in [6.07, 6.45) is 5.52. The number of hydrogen-bond acceptors (Lipinski definition) is 6. The molecule has 0 aliphatic carbocycles. The molecule has 0 spiro atoms. The molecule has 3 heterocycles. The van der Waals surface area contributed by atoms with Crippen LogP contribution in [0.15, 0.2) is 49.1 Å². The zero-order valence-corrected chi connectivity index (χ0v) is 18.2. The molecule has 1 atom stereocenters. The Balaban J connectivity index is 1.66. The number of hydrogen-bond donors (Lipinski definition) is 1. The highest BCUT2D eigenvalue weighted by molar-refractivity contribution is 6.28. The number of fused-ring (bicyclic) bond motifs is 1. The molecule has 0 aliphatic rings. The van der Waals surface area contributed by atoms with Crippen LogP contribution in [0, 0.1) is 0 Å². The summed E-state index contributed by atoms with van der Waals surface area (Å²) in [6, 6.07) is 10.7. The fraction of sp³-hybridized carbons (Fsp3) is 0.333. The van der Waals surface area contributed by atoms with Crippen LogP contribution in [0.5, 0.6) is 0 Å². The Morgan fingerprint density at radius 2 is 1.90 bits per heavy atom. The number of halogens is 1. The van der Waals surface area contributed by atoms with E-state index < -0.39 is 0 Å². The summed E-state index contributed by atoms with van der Waals surface area (Å²) in [7, 11) is 4.12. The maximum Gasteiger partial charge on any atom is 0.226 e. The number of aromatic nitrogens is 6. The van der Waals surface area contributed by atoms with Gasteiger partial charge in [-0.1, -0.05) is 30.3 Å². The third-order valence-electron chi connectivity index (χ3n) is 4.86. The minimum absolute atomic E-state index is 0.0888. The third-order valence-corrected chi connectivity index (χ3v) is 5.03. The van der Waals surface area contributed by atoms with E-state index in [2.05, 4.69) is 70.3 Å². The molecule has 0 saturated heterocycles. The molecule has 9 heteroatoms. The van der Waals surface area contributed by atoms with Crippen LogP contribution in [0.1, 0.15) is 31.5 Å². The molecule has 1 unspecified atom stereocenters. The van der Waals surface area contributed by atoms with Crippen molar-refractivity contribution in [3.8, 4) is 0 Å². The molecule has 0 aliphatic heterocycles. The lowest BCUT2D eigenvalue weighted by Gasteiger charge is -2.22. The lowest BCUT2D eigenvalue weighted by atomic mass is 10.1. The molecule has 4 rings (SSSR count). The fourth-order valence-corrected chi connectivity index (χ4v) is 3.59. The van der Waals surface area contributed by atoms with Crippen molar-refractivity contribution >= 4 is 34.3 Å². The minimum Gasteiger partial charge on any atom is -0.336 e.